The molecule has 0 aliphatic carbocycles. The van der Waals surface area contributed by atoms with Crippen molar-refractivity contribution in [3.8, 4) is 0 Å². The second-order valence-electron chi connectivity index (χ2n) is 9.68. The Morgan fingerprint density at radius 2 is 1.66 bits per heavy atom. The van der Waals surface area contributed by atoms with Gasteiger partial charge in [0.1, 0.15) is 0 Å². The fourth-order valence-electron chi connectivity index (χ4n) is 5.52. The largest absolute Gasteiger partial charge is 0.368 e. The number of amides is 1. The van der Waals surface area contributed by atoms with E-state index < -0.39 is 0 Å². The highest BCUT2D eigenvalue weighted by molar-refractivity contribution is 5.87. The molecule has 0 saturated carbocycles. The Balaban J connectivity index is 1.35. The maximum Gasteiger partial charge on any atom is 0.223 e. The zero-order chi connectivity index (χ0) is 24.2. The summed E-state index contributed by atoms with van der Waals surface area (Å²) in [4.78, 5) is 21.6. The van der Waals surface area contributed by atoms with Crippen LogP contribution in [-0.2, 0) is 17.6 Å². The lowest BCUT2D eigenvalue weighted by atomic mass is 9.88. The number of aromatic amines is 1. The molecule has 1 aliphatic heterocycles. The molecular formula is C31H35N3O. The van der Waals surface area contributed by atoms with Gasteiger partial charge in [-0.2, -0.15) is 0 Å². The number of fused-ring (bicyclic) bond motifs is 1. The molecule has 1 atom stereocenters. The number of carbonyl (C=O) groups excluding carboxylic acids is 1. The average Bonchev–Trinajstić information content (AvgIpc) is 3.34. The van der Waals surface area contributed by atoms with Crippen molar-refractivity contribution in [2.45, 2.75) is 39.0 Å². The van der Waals surface area contributed by atoms with Crippen molar-refractivity contribution >= 4 is 22.5 Å². The maximum atomic E-state index is 13.6. The van der Waals surface area contributed by atoms with Gasteiger partial charge >= 0.3 is 0 Å². The Morgan fingerprint density at radius 1 is 0.914 bits per heavy atom. The normalized spacial score (nSPS) is 14.9. The number of nitrogens with one attached hydrogen (secondary N) is 1. The van der Waals surface area contributed by atoms with Crippen LogP contribution in [0.1, 0.15) is 41.5 Å². The minimum absolute atomic E-state index is 0.139. The third kappa shape index (κ3) is 4.97. The van der Waals surface area contributed by atoms with Crippen LogP contribution in [0.15, 0.2) is 79.0 Å². The van der Waals surface area contributed by atoms with E-state index in [4.69, 9.17) is 0 Å². The van der Waals surface area contributed by atoms with Crippen molar-refractivity contribution in [1.29, 1.82) is 0 Å². The molecule has 1 unspecified atom stereocenters. The zero-order valence-corrected chi connectivity index (χ0v) is 20.8. The van der Waals surface area contributed by atoms with Gasteiger partial charge < -0.3 is 14.8 Å². The first-order valence-electron chi connectivity index (χ1n) is 12.8. The lowest BCUT2D eigenvalue weighted by Crippen LogP contribution is -2.49. The highest BCUT2D eigenvalue weighted by Gasteiger charge is 2.26. The van der Waals surface area contributed by atoms with Crippen LogP contribution in [0, 0.1) is 6.92 Å². The van der Waals surface area contributed by atoms with E-state index in [2.05, 4.69) is 108 Å². The number of hydrogen-bond acceptors (Lipinski definition) is 2. The molecule has 35 heavy (non-hydrogen) atoms. The molecule has 1 fully saturated rings. The van der Waals surface area contributed by atoms with Crippen molar-refractivity contribution in [2.75, 3.05) is 31.1 Å². The Morgan fingerprint density at radius 3 is 2.40 bits per heavy atom. The summed E-state index contributed by atoms with van der Waals surface area (Å²) in [6.45, 7) is 7.67. The number of anilines is 1. The van der Waals surface area contributed by atoms with Gasteiger partial charge in [-0.3, -0.25) is 4.79 Å². The lowest BCUT2D eigenvalue weighted by molar-refractivity contribution is -0.131. The molecule has 5 rings (SSSR count). The first-order chi connectivity index (χ1) is 17.1. The smallest absolute Gasteiger partial charge is 0.223 e. The number of para-hydroxylation sites is 2. The average molecular weight is 466 g/mol. The lowest BCUT2D eigenvalue weighted by Gasteiger charge is -2.37. The molecule has 3 aromatic carbocycles. The van der Waals surface area contributed by atoms with Crippen LogP contribution < -0.4 is 4.90 Å². The topological polar surface area (TPSA) is 39.3 Å². The number of aryl methyl sites for hydroxylation is 2. The monoisotopic (exact) mass is 465 g/mol. The number of piperazine rings is 1. The molecule has 4 nitrogen and oxygen atoms in total. The van der Waals surface area contributed by atoms with Crippen LogP contribution in [-0.4, -0.2) is 42.0 Å². The van der Waals surface area contributed by atoms with E-state index >= 15 is 0 Å². The van der Waals surface area contributed by atoms with Crippen molar-refractivity contribution in [2.24, 2.45) is 0 Å². The molecule has 1 saturated heterocycles. The SMILES string of the molecule is CCc1cccc2c(C(CC(=O)N3CCN(c4ccccc4C)CC3)Cc3ccccc3)c[nH]c12. The number of hydrogen-bond donors (Lipinski definition) is 1. The first-order valence-corrected chi connectivity index (χ1v) is 12.8. The molecule has 0 bridgehead atoms. The minimum atomic E-state index is 0.139. The summed E-state index contributed by atoms with van der Waals surface area (Å²) < 4.78 is 0. The molecule has 1 amide bonds. The van der Waals surface area contributed by atoms with Gasteiger partial charge in [0.2, 0.25) is 5.91 Å². The van der Waals surface area contributed by atoms with Gasteiger partial charge in [0.05, 0.1) is 0 Å². The van der Waals surface area contributed by atoms with E-state index in [1.165, 1.54) is 38.8 Å². The number of H-pyrrole nitrogens is 1. The predicted octanol–water partition coefficient (Wildman–Crippen LogP) is 6.10. The van der Waals surface area contributed by atoms with Crippen molar-refractivity contribution in [3.63, 3.8) is 0 Å². The first kappa shape index (κ1) is 23.2. The molecule has 2 heterocycles. The zero-order valence-electron chi connectivity index (χ0n) is 20.8. The Bertz CT molecular complexity index is 1290. The highest BCUT2D eigenvalue weighted by Crippen LogP contribution is 2.33. The molecule has 1 N–H and O–H groups in total. The number of rotatable bonds is 7. The Labute approximate surface area is 208 Å². The summed E-state index contributed by atoms with van der Waals surface area (Å²) in [5.74, 6) is 0.400. The van der Waals surface area contributed by atoms with Gasteiger partial charge in [-0.15, -0.1) is 0 Å². The Hall–Kier alpha value is -3.53. The van der Waals surface area contributed by atoms with E-state index in [0.717, 1.165) is 39.0 Å². The van der Waals surface area contributed by atoms with E-state index in [0.29, 0.717) is 6.42 Å². The maximum absolute atomic E-state index is 13.6. The van der Waals surface area contributed by atoms with Crippen molar-refractivity contribution in [1.82, 2.24) is 9.88 Å². The second kappa shape index (κ2) is 10.4. The molecule has 0 spiro atoms. The fourth-order valence-corrected chi connectivity index (χ4v) is 5.52. The standard InChI is InChI=1S/C31H35N3O/c1-3-25-13-9-14-27-28(22-32-31(25)27)26(20-24-11-5-4-6-12-24)21-30(35)34-18-16-33(17-19-34)29-15-8-7-10-23(29)2/h4-15,22,26,32H,3,16-21H2,1-2H3. The molecule has 4 heteroatoms. The molecule has 0 radical (unpaired) electrons. The van der Waals surface area contributed by atoms with E-state index in [1.54, 1.807) is 0 Å². The van der Waals surface area contributed by atoms with E-state index in [1.807, 2.05) is 0 Å². The number of carbonyl (C=O) groups is 1. The number of benzene rings is 3. The molecular weight excluding hydrogens is 430 g/mol. The third-order valence-electron chi connectivity index (χ3n) is 7.49. The van der Waals surface area contributed by atoms with Crippen LogP contribution in [0.4, 0.5) is 5.69 Å². The molecule has 180 valence electrons. The summed E-state index contributed by atoms with van der Waals surface area (Å²) in [6.07, 6.45) is 4.52. The summed E-state index contributed by atoms with van der Waals surface area (Å²) >= 11 is 0. The molecule has 1 aromatic heterocycles. The van der Waals surface area contributed by atoms with Crippen LogP contribution in [0.5, 0.6) is 0 Å². The fraction of sp³-hybridized carbons (Fsp3) is 0.323. The third-order valence-corrected chi connectivity index (χ3v) is 7.49. The number of aromatic nitrogens is 1. The van der Waals surface area contributed by atoms with Gasteiger partial charge in [-0.05, 0) is 54.0 Å². The minimum Gasteiger partial charge on any atom is -0.368 e. The highest BCUT2D eigenvalue weighted by atomic mass is 16.2. The van der Waals surface area contributed by atoms with Crippen molar-refractivity contribution in [3.05, 3.63) is 101 Å². The Kier molecular flexibility index (Phi) is 6.89. The van der Waals surface area contributed by atoms with Gasteiger partial charge in [-0.1, -0.05) is 73.7 Å². The molecule has 1 aliphatic rings. The van der Waals surface area contributed by atoms with Crippen LogP contribution in [0.2, 0.25) is 0 Å². The van der Waals surface area contributed by atoms with Crippen LogP contribution in [0.25, 0.3) is 10.9 Å². The summed E-state index contributed by atoms with van der Waals surface area (Å²) in [7, 11) is 0. The summed E-state index contributed by atoms with van der Waals surface area (Å²) in [5, 5.41) is 1.25. The van der Waals surface area contributed by atoms with Gasteiger partial charge in [0, 0.05) is 55.4 Å². The number of nitrogens with zero attached hydrogens (tertiary/aromatic N) is 2. The van der Waals surface area contributed by atoms with Gasteiger partial charge in [-0.25, -0.2) is 0 Å². The second-order valence-corrected chi connectivity index (χ2v) is 9.68. The van der Waals surface area contributed by atoms with Gasteiger partial charge in [0.15, 0.2) is 0 Å². The molecule has 4 aromatic rings. The quantitative estimate of drug-likeness (QED) is 0.358. The van der Waals surface area contributed by atoms with E-state index in [-0.39, 0.29) is 11.8 Å². The summed E-state index contributed by atoms with van der Waals surface area (Å²) in [6, 6.07) is 25.6. The van der Waals surface area contributed by atoms with Crippen molar-refractivity contribution < 1.29 is 4.79 Å². The predicted molar refractivity (Wildman–Crippen MR) is 145 cm³/mol. The van der Waals surface area contributed by atoms with Crippen LogP contribution in [0.3, 0.4) is 0 Å². The summed E-state index contributed by atoms with van der Waals surface area (Å²) in [5.41, 5.74) is 7.64. The van der Waals surface area contributed by atoms with Crippen LogP contribution >= 0.6 is 0 Å². The van der Waals surface area contributed by atoms with E-state index in [9.17, 15) is 4.79 Å². The van der Waals surface area contributed by atoms with Gasteiger partial charge in [0.25, 0.3) is 0 Å².